The van der Waals surface area contributed by atoms with E-state index in [0.717, 1.165) is 43.2 Å². The molecule has 1 aliphatic heterocycles. The van der Waals surface area contributed by atoms with E-state index in [-0.39, 0.29) is 12.5 Å². The van der Waals surface area contributed by atoms with Gasteiger partial charge in [0, 0.05) is 25.2 Å². The Kier molecular flexibility index (Phi) is 6.39. The third-order valence-electron chi connectivity index (χ3n) is 5.07. The molecule has 1 unspecified atom stereocenters. The second-order valence-electron chi connectivity index (χ2n) is 7.56. The van der Waals surface area contributed by atoms with E-state index >= 15 is 0 Å². The standard InChI is InChI=1S/C22H25F3N2O/c1-16-4-3-11-27(14-16)15-17-7-9-19(10-8-17)21(28)26-13-18-5-2-6-20(12-18)22(23,24)25/h2,5-10,12,16H,3-4,11,13-15H2,1H3,(H,26,28). The second-order valence-corrected chi connectivity index (χ2v) is 7.56. The molecule has 6 heteroatoms. The summed E-state index contributed by atoms with van der Waals surface area (Å²) in [6, 6.07) is 12.4. The van der Waals surface area contributed by atoms with Crippen LogP contribution < -0.4 is 5.32 Å². The lowest BCUT2D eigenvalue weighted by Gasteiger charge is -2.30. The third-order valence-corrected chi connectivity index (χ3v) is 5.07. The predicted molar refractivity (Wildman–Crippen MR) is 103 cm³/mol. The SMILES string of the molecule is CC1CCCN(Cc2ccc(C(=O)NCc3cccc(C(F)(F)F)c3)cc2)C1. The summed E-state index contributed by atoms with van der Waals surface area (Å²) >= 11 is 0. The maximum atomic E-state index is 12.8. The molecule has 1 N–H and O–H groups in total. The molecule has 28 heavy (non-hydrogen) atoms. The molecule has 0 bridgehead atoms. The first-order valence-electron chi connectivity index (χ1n) is 9.57. The number of halogens is 3. The Balaban J connectivity index is 1.55. The van der Waals surface area contributed by atoms with Crippen LogP contribution in [0.4, 0.5) is 13.2 Å². The van der Waals surface area contributed by atoms with Crippen LogP contribution in [-0.4, -0.2) is 23.9 Å². The minimum atomic E-state index is -4.39. The van der Waals surface area contributed by atoms with Crippen LogP contribution in [-0.2, 0) is 19.3 Å². The minimum absolute atomic E-state index is 0.0518. The average molecular weight is 390 g/mol. The van der Waals surface area contributed by atoms with E-state index in [1.54, 1.807) is 18.2 Å². The highest BCUT2D eigenvalue weighted by Crippen LogP contribution is 2.29. The zero-order chi connectivity index (χ0) is 20.1. The van der Waals surface area contributed by atoms with E-state index in [1.165, 1.54) is 18.9 Å². The summed E-state index contributed by atoms with van der Waals surface area (Å²) in [6.45, 7) is 5.39. The van der Waals surface area contributed by atoms with Crippen LogP contribution in [0.3, 0.4) is 0 Å². The van der Waals surface area contributed by atoms with Gasteiger partial charge in [0.15, 0.2) is 0 Å². The molecule has 0 radical (unpaired) electrons. The topological polar surface area (TPSA) is 32.3 Å². The van der Waals surface area contributed by atoms with Crippen molar-refractivity contribution in [2.45, 2.75) is 39.0 Å². The summed E-state index contributed by atoms with van der Waals surface area (Å²) in [5, 5.41) is 2.68. The smallest absolute Gasteiger partial charge is 0.348 e. The number of alkyl halides is 3. The molecule has 2 aromatic carbocycles. The molecule has 2 aromatic rings. The highest BCUT2D eigenvalue weighted by atomic mass is 19.4. The molecule has 150 valence electrons. The van der Waals surface area contributed by atoms with E-state index in [4.69, 9.17) is 0 Å². The van der Waals surface area contributed by atoms with Gasteiger partial charge in [0.05, 0.1) is 5.56 Å². The van der Waals surface area contributed by atoms with Crippen LogP contribution in [0.2, 0.25) is 0 Å². The lowest BCUT2D eigenvalue weighted by Crippen LogP contribution is -2.33. The fraction of sp³-hybridized carbons (Fsp3) is 0.409. The number of amides is 1. The number of piperidine rings is 1. The number of nitrogens with zero attached hydrogens (tertiary/aromatic N) is 1. The number of hydrogen-bond acceptors (Lipinski definition) is 2. The van der Waals surface area contributed by atoms with Crippen molar-refractivity contribution in [2.24, 2.45) is 5.92 Å². The van der Waals surface area contributed by atoms with E-state index < -0.39 is 11.7 Å². The Labute approximate surface area is 163 Å². The first-order chi connectivity index (χ1) is 13.3. The highest BCUT2D eigenvalue weighted by molar-refractivity contribution is 5.94. The van der Waals surface area contributed by atoms with Gasteiger partial charge >= 0.3 is 6.18 Å². The molecule has 3 nitrogen and oxygen atoms in total. The first kappa shape index (κ1) is 20.4. The predicted octanol–water partition coefficient (Wildman–Crippen LogP) is 4.87. The second kappa shape index (κ2) is 8.78. The van der Waals surface area contributed by atoms with E-state index in [2.05, 4.69) is 17.1 Å². The summed E-state index contributed by atoms with van der Waals surface area (Å²) in [5.41, 5.74) is 1.36. The average Bonchev–Trinajstić information content (AvgIpc) is 2.66. The van der Waals surface area contributed by atoms with Crippen LogP contribution in [0.5, 0.6) is 0 Å². The molecule has 1 saturated heterocycles. The van der Waals surface area contributed by atoms with E-state index in [1.807, 2.05) is 12.1 Å². The normalized spacial score (nSPS) is 18.1. The van der Waals surface area contributed by atoms with Crippen LogP contribution in [0.25, 0.3) is 0 Å². The Morgan fingerprint density at radius 3 is 2.57 bits per heavy atom. The lowest BCUT2D eigenvalue weighted by atomic mass is 9.99. The Hall–Kier alpha value is -2.34. The molecular weight excluding hydrogens is 365 g/mol. The van der Waals surface area contributed by atoms with Gasteiger partial charge in [-0.3, -0.25) is 9.69 Å². The van der Waals surface area contributed by atoms with Crippen LogP contribution in [0.15, 0.2) is 48.5 Å². The summed E-state index contributed by atoms with van der Waals surface area (Å²) in [6.07, 6.45) is -1.89. The molecule has 0 spiro atoms. The van der Waals surface area contributed by atoms with Gasteiger partial charge in [-0.2, -0.15) is 13.2 Å². The molecule has 1 fully saturated rings. The summed E-state index contributed by atoms with van der Waals surface area (Å²) in [5.74, 6) is 0.421. The number of hydrogen-bond donors (Lipinski definition) is 1. The van der Waals surface area contributed by atoms with Crippen molar-refractivity contribution in [3.63, 3.8) is 0 Å². The number of carbonyl (C=O) groups excluding carboxylic acids is 1. The number of benzene rings is 2. The van der Waals surface area contributed by atoms with Gasteiger partial charge in [0.2, 0.25) is 0 Å². The quantitative estimate of drug-likeness (QED) is 0.790. The molecule has 1 amide bonds. The van der Waals surface area contributed by atoms with Gasteiger partial charge < -0.3 is 5.32 Å². The summed E-state index contributed by atoms with van der Waals surface area (Å²) in [7, 11) is 0. The molecule has 1 heterocycles. The fourth-order valence-corrected chi connectivity index (χ4v) is 3.59. The van der Waals surface area contributed by atoms with E-state index in [0.29, 0.717) is 11.1 Å². The summed E-state index contributed by atoms with van der Waals surface area (Å²) < 4.78 is 38.3. The fourth-order valence-electron chi connectivity index (χ4n) is 3.59. The van der Waals surface area contributed by atoms with Gasteiger partial charge in [-0.1, -0.05) is 31.2 Å². The zero-order valence-corrected chi connectivity index (χ0v) is 15.9. The largest absolute Gasteiger partial charge is 0.416 e. The van der Waals surface area contributed by atoms with Crippen LogP contribution in [0.1, 0.15) is 46.8 Å². The van der Waals surface area contributed by atoms with Gasteiger partial charge in [-0.15, -0.1) is 0 Å². The highest BCUT2D eigenvalue weighted by Gasteiger charge is 2.30. The van der Waals surface area contributed by atoms with Crippen molar-refractivity contribution in [1.82, 2.24) is 10.2 Å². The maximum Gasteiger partial charge on any atom is 0.416 e. The molecule has 1 aliphatic rings. The number of nitrogens with one attached hydrogen (secondary N) is 1. The van der Waals surface area contributed by atoms with Crippen LogP contribution in [0, 0.1) is 5.92 Å². The van der Waals surface area contributed by atoms with Crippen molar-refractivity contribution >= 4 is 5.91 Å². The van der Waals surface area contributed by atoms with Crippen molar-refractivity contribution in [3.05, 3.63) is 70.8 Å². The van der Waals surface area contributed by atoms with Crippen molar-refractivity contribution < 1.29 is 18.0 Å². The third kappa shape index (κ3) is 5.58. The Bertz CT molecular complexity index is 802. The molecule has 3 rings (SSSR count). The van der Waals surface area contributed by atoms with Gasteiger partial charge in [0.25, 0.3) is 5.91 Å². The maximum absolute atomic E-state index is 12.8. The lowest BCUT2D eigenvalue weighted by molar-refractivity contribution is -0.137. The van der Waals surface area contributed by atoms with Gasteiger partial charge in [0.1, 0.15) is 0 Å². The van der Waals surface area contributed by atoms with Crippen molar-refractivity contribution in [1.29, 1.82) is 0 Å². The number of carbonyl (C=O) groups is 1. The summed E-state index contributed by atoms with van der Waals surface area (Å²) in [4.78, 5) is 14.7. The first-order valence-corrected chi connectivity index (χ1v) is 9.57. The monoisotopic (exact) mass is 390 g/mol. The molecule has 0 aliphatic carbocycles. The van der Waals surface area contributed by atoms with E-state index in [9.17, 15) is 18.0 Å². The molecular formula is C22H25F3N2O. The Morgan fingerprint density at radius 2 is 1.89 bits per heavy atom. The van der Waals surface area contributed by atoms with Gasteiger partial charge in [-0.25, -0.2) is 0 Å². The van der Waals surface area contributed by atoms with Crippen molar-refractivity contribution in [2.75, 3.05) is 13.1 Å². The number of rotatable bonds is 5. The minimum Gasteiger partial charge on any atom is -0.348 e. The molecule has 0 aromatic heterocycles. The molecule has 0 saturated carbocycles. The zero-order valence-electron chi connectivity index (χ0n) is 15.9. The number of likely N-dealkylation sites (tertiary alicyclic amines) is 1. The molecule has 1 atom stereocenters. The van der Waals surface area contributed by atoms with Crippen LogP contribution >= 0.6 is 0 Å². The van der Waals surface area contributed by atoms with Crippen molar-refractivity contribution in [3.8, 4) is 0 Å². The Morgan fingerprint density at radius 1 is 1.14 bits per heavy atom. The van der Waals surface area contributed by atoms with Gasteiger partial charge in [-0.05, 0) is 60.7 Å².